The van der Waals surface area contributed by atoms with Gasteiger partial charge in [0.2, 0.25) is 0 Å². The standard InChI is InChI=1S/C9H15NO3/c1-6-2-3-10(6)8-5-13-4-7(8)9(11)12/h6-8H,2-5H2,1H3,(H,11,12). The van der Waals surface area contributed by atoms with Gasteiger partial charge in [0, 0.05) is 18.6 Å². The highest BCUT2D eigenvalue weighted by Gasteiger charge is 2.42. The van der Waals surface area contributed by atoms with Crippen LogP contribution in [0, 0.1) is 5.92 Å². The lowest BCUT2D eigenvalue weighted by atomic mass is 9.95. The van der Waals surface area contributed by atoms with E-state index in [1.54, 1.807) is 0 Å². The molecular formula is C9H15NO3. The number of likely N-dealkylation sites (tertiary alicyclic amines) is 1. The molecule has 0 saturated carbocycles. The minimum atomic E-state index is -0.721. The van der Waals surface area contributed by atoms with Gasteiger partial charge in [-0.15, -0.1) is 0 Å². The average molecular weight is 185 g/mol. The van der Waals surface area contributed by atoms with E-state index in [-0.39, 0.29) is 12.0 Å². The first-order chi connectivity index (χ1) is 6.20. The van der Waals surface area contributed by atoms with Crippen LogP contribution in [-0.2, 0) is 9.53 Å². The molecule has 13 heavy (non-hydrogen) atoms. The summed E-state index contributed by atoms with van der Waals surface area (Å²) in [4.78, 5) is 13.1. The topological polar surface area (TPSA) is 49.8 Å². The molecule has 3 unspecified atom stereocenters. The molecule has 2 heterocycles. The first-order valence-electron chi connectivity index (χ1n) is 4.76. The van der Waals surface area contributed by atoms with E-state index in [9.17, 15) is 4.79 Å². The summed E-state index contributed by atoms with van der Waals surface area (Å²) < 4.78 is 5.21. The molecule has 2 saturated heterocycles. The third-order valence-corrected chi connectivity index (χ3v) is 3.16. The average Bonchev–Trinajstić information content (AvgIpc) is 2.50. The van der Waals surface area contributed by atoms with Crippen LogP contribution in [0.1, 0.15) is 13.3 Å². The van der Waals surface area contributed by atoms with Gasteiger partial charge < -0.3 is 9.84 Å². The van der Waals surface area contributed by atoms with Gasteiger partial charge >= 0.3 is 5.97 Å². The van der Waals surface area contributed by atoms with Gasteiger partial charge in [0.05, 0.1) is 19.1 Å². The van der Waals surface area contributed by atoms with Gasteiger partial charge in [-0.3, -0.25) is 9.69 Å². The summed E-state index contributed by atoms with van der Waals surface area (Å²) in [7, 11) is 0. The molecule has 74 valence electrons. The highest BCUT2D eigenvalue weighted by molar-refractivity contribution is 5.71. The fraction of sp³-hybridized carbons (Fsp3) is 0.889. The van der Waals surface area contributed by atoms with Crippen molar-refractivity contribution in [1.29, 1.82) is 0 Å². The number of carbonyl (C=O) groups is 1. The fourth-order valence-corrected chi connectivity index (χ4v) is 2.13. The van der Waals surface area contributed by atoms with Crippen LogP contribution in [0.2, 0.25) is 0 Å². The molecule has 0 spiro atoms. The molecule has 0 aromatic carbocycles. The highest BCUT2D eigenvalue weighted by atomic mass is 16.5. The van der Waals surface area contributed by atoms with Crippen molar-refractivity contribution in [2.24, 2.45) is 5.92 Å². The number of nitrogens with zero attached hydrogens (tertiary/aromatic N) is 1. The smallest absolute Gasteiger partial charge is 0.310 e. The Morgan fingerprint density at radius 2 is 2.31 bits per heavy atom. The van der Waals surface area contributed by atoms with E-state index in [0.717, 1.165) is 6.54 Å². The van der Waals surface area contributed by atoms with E-state index in [1.807, 2.05) is 0 Å². The second kappa shape index (κ2) is 3.27. The van der Waals surface area contributed by atoms with E-state index in [2.05, 4.69) is 11.8 Å². The molecule has 1 N–H and O–H groups in total. The Bertz CT molecular complexity index is 219. The normalized spacial score (nSPS) is 40.2. The summed E-state index contributed by atoms with van der Waals surface area (Å²) in [5.74, 6) is -1.04. The van der Waals surface area contributed by atoms with Crippen molar-refractivity contribution in [2.75, 3.05) is 19.8 Å². The van der Waals surface area contributed by atoms with Gasteiger partial charge in [-0.1, -0.05) is 0 Å². The number of aliphatic carboxylic acids is 1. The molecule has 0 bridgehead atoms. The van der Waals surface area contributed by atoms with Crippen molar-refractivity contribution in [3.05, 3.63) is 0 Å². The van der Waals surface area contributed by atoms with Crippen LogP contribution in [0.15, 0.2) is 0 Å². The summed E-state index contributed by atoms with van der Waals surface area (Å²) >= 11 is 0. The zero-order chi connectivity index (χ0) is 9.42. The highest BCUT2D eigenvalue weighted by Crippen LogP contribution is 2.28. The molecule has 2 rings (SSSR count). The molecule has 0 radical (unpaired) electrons. The lowest BCUT2D eigenvalue weighted by Gasteiger charge is -2.43. The Balaban J connectivity index is 2.01. The van der Waals surface area contributed by atoms with Crippen LogP contribution < -0.4 is 0 Å². The molecule has 0 amide bonds. The summed E-state index contributed by atoms with van der Waals surface area (Å²) in [6.07, 6.45) is 1.18. The Hall–Kier alpha value is -0.610. The maximum atomic E-state index is 10.9. The monoisotopic (exact) mass is 185 g/mol. The molecule has 2 aliphatic heterocycles. The number of carboxylic acid groups (broad SMARTS) is 1. The summed E-state index contributed by atoms with van der Waals surface area (Å²) in [5.41, 5.74) is 0. The predicted octanol–water partition coefficient (Wildman–Crippen LogP) is 0.180. The minimum Gasteiger partial charge on any atom is -0.481 e. The van der Waals surface area contributed by atoms with E-state index in [4.69, 9.17) is 9.84 Å². The Morgan fingerprint density at radius 3 is 2.77 bits per heavy atom. The van der Waals surface area contributed by atoms with Crippen molar-refractivity contribution >= 4 is 5.97 Å². The van der Waals surface area contributed by atoms with E-state index < -0.39 is 5.97 Å². The van der Waals surface area contributed by atoms with Gasteiger partial charge in [-0.2, -0.15) is 0 Å². The molecule has 3 atom stereocenters. The SMILES string of the molecule is CC1CCN1C1COCC1C(=O)O. The minimum absolute atomic E-state index is 0.112. The largest absolute Gasteiger partial charge is 0.481 e. The zero-order valence-electron chi connectivity index (χ0n) is 7.77. The van der Waals surface area contributed by atoms with Crippen molar-refractivity contribution in [1.82, 2.24) is 4.90 Å². The maximum absolute atomic E-state index is 10.9. The van der Waals surface area contributed by atoms with Crippen LogP contribution >= 0.6 is 0 Å². The summed E-state index contributed by atoms with van der Waals surface area (Å²) in [6, 6.07) is 0.648. The van der Waals surface area contributed by atoms with Crippen LogP contribution in [0.4, 0.5) is 0 Å². The van der Waals surface area contributed by atoms with Crippen LogP contribution in [0.25, 0.3) is 0 Å². The van der Waals surface area contributed by atoms with Gasteiger partial charge in [0.1, 0.15) is 0 Å². The molecule has 0 aromatic heterocycles. The van der Waals surface area contributed by atoms with Crippen LogP contribution in [-0.4, -0.2) is 47.8 Å². The lowest BCUT2D eigenvalue weighted by molar-refractivity contribution is -0.144. The van der Waals surface area contributed by atoms with Crippen molar-refractivity contribution < 1.29 is 14.6 Å². The van der Waals surface area contributed by atoms with Crippen molar-refractivity contribution in [3.8, 4) is 0 Å². The quantitative estimate of drug-likeness (QED) is 0.666. The molecular weight excluding hydrogens is 170 g/mol. The van der Waals surface area contributed by atoms with Crippen molar-refractivity contribution in [2.45, 2.75) is 25.4 Å². The second-order valence-corrected chi connectivity index (χ2v) is 3.93. The van der Waals surface area contributed by atoms with Gasteiger partial charge in [-0.25, -0.2) is 0 Å². The molecule has 0 aromatic rings. The van der Waals surface area contributed by atoms with Gasteiger partial charge in [0.15, 0.2) is 0 Å². The number of ether oxygens (including phenoxy) is 1. The number of rotatable bonds is 2. The summed E-state index contributed by atoms with van der Waals surface area (Å²) in [5, 5.41) is 8.93. The predicted molar refractivity (Wildman–Crippen MR) is 46.5 cm³/mol. The van der Waals surface area contributed by atoms with Crippen LogP contribution in [0.5, 0.6) is 0 Å². The maximum Gasteiger partial charge on any atom is 0.310 e. The van der Waals surface area contributed by atoms with Gasteiger partial charge in [0.25, 0.3) is 0 Å². The Kier molecular flexibility index (Phi) is 2.26. The van der Waals surface area contributed by atoms with Crippen LogP contribution in [0.3, 0.4) is 0 Å². The zero-order valence-corrected chi connectivity index (χ0v) is 7.77. The number of carboxylic acids is 1. The van der Waals surface area contributed by atoms with Gasteiger partial charge in [-0.05, 0) is 13.3 Å². The molecule has 0 aliphatic carbocycles. The number of hydrogen-bond acceptors (Lipinski definition) is 3. The van der Waals surface area contributed by atoms with Crippen molar-refractivity contribution in [3.63, 3.8) is 0 Å². The van der Waals surface area contributed by atoms with E-state index in [0.29, 0.717) is 19.3 Å². The van der Waals surface area contributed by atoms with E-state index >= 15 is 0 Å². The summed E-state index contributed by atoms with van der Waals surface area (Å²) in [6.45, 7) is 4.13. The molecule has 2 fully saturated rings. The Labute approximate surface area is 77.5 Å². The third kappa shape index (κ3) is 1.44. The fourth-order valence-electron chi connectivity index (χ4n) is 2.13. The first-order valence-corrected chi connectivity index (χ1v) is 4.76. The Morgan fingerprint density at radius 1 is 1.54 bits per heavy atom. The third-order valence-electron chi connectivity index (χ3n) is 3.16. The van der Waals surface area contributed by atoms with E-state index in [1.165, 1.54) is 6.42 Å². The second-order valence-electron chi connectivity index (χ2n) is 3.93. The molecule has 2 aliphatic rings. The lowest BCUT2D eigenvalue weighted by Crippen LogP contribution is -2.55. The first kappa shape index (κ1) is 8.97. The molecule has 4 heteroatoms. The number of hydrogen-bond donors (Lipinski definition) is 1. The molecule has 4 nitrogen and oxygen atoms in total.